The first kappa shape index (κ1) is 22.1. The third-order valence-corrected chi connectivity index (χ3v) is 5.62. The first-order valence-corrected chi connectivity index (χ1v) is 10.2. The Balaban J connectivity index is 1.80. The summed E-state index contributed by atoms with van der Waals surface area (Å²) in [5.74, 6) is -4.25. The monoisotopic (exact) mass is 478 g/mol. The van der Waals surface area contributed by atoms with E-state index in [-0.39, 0.29) is 24.2 Å². The molecule has 8 heteroatoms. The predicted octanol–water partition coefficient (Wildman–Crippen LogP) is 5.11. The highest BCUT2D eigenvalue weighted by Gasteiger charge is 2.39. The van der Waals surface area contributed by atoms with Crippen LogP contribution in [0.5, 0.6) is 5.75 Å². The number of rotatable bonds is 7. The molecule has 1 amide bonds. The van der Waals surface area contributed by atoms with Crippen LogP contribution in [0, 0.1) is 5.92 Å². The number of ketones is 1. The Labute approximate surface area is 181 Å². The topological polar surface area (TPSA) is 59.0 Å². The van der Waals surface area contributed by atoms with Gasteiger partial charge in [0.05, 0.1) is 23.0 Å². The number of anilines is 1. The molecule has 30 heavy (non-hydrogen) atoms. The van der Waals surface area contributed by atoms with E-state index in [1.807, 2.05) is 0 Å². The van der Waals surface area contributed by atoms with E-state index in [2.05, 4.69) is 21.0 Å². The lowest BCUT2D eigenvalue weighted by Crippen LogP contribution is -2.33. The van der Waals surface area contributed by atoms with Gasteiger partial charge in [0.25, 0.3) is 11.8 Å². The molecule has 0 fully saturated rings. The van der Waals surface area contributed by atoms with Crippen molar-refractivity contribution in [1.29, 1.82) is 0 Å². The lowest BCUT2D eigenvalue weighted by Gasteiger charge is -2.16. The van der Waals surface area contributed by atoms with Crippen LogP contribution in [-0.2, 0) is 21.9 Å². The molecular weight excluding hydrogens is 458 g/mol. The summed E-state index contributed by atoms with van der Waals surface area (Å²) in [4.78, 5) is 25.8. The van der Waals surface area contributed by atoms with Gasteiger partial charge in [-0.15, -0.1) is 0 Å². The summed E-state index contributed by atoms with van der Waals surface area (Å²) < 4.78 is 33.8. The second-order valence-corrected chi connectivity index (χ2v) is 7.90. The molecule has 0 saturated heterocycles. The smallest absolute Gasteiger partial charge is 0.273 e. The van der Waals surface area contributed by atoms with Crippen molar-refractivity contribution in [1.82, 2.24) is 0 Å². The van der Waals surface area contributed by atoms with Crippen molar-refractivity contribution >= 4 is 39.0 Å². The Bertz CT molecular complexity index is 1020. The standard InChI is InChI=1S/C22H21BrF2N2O3/c1-4-22(24,25)15-7-5-6-14(10-15)11-18(28)20-13(2)26-27(21(20)29)16-8-9-19(30-3)17(23)12-16/h5-10,12,20H,4,11H2,1-3H3. The fraction of sp³-hybridized carbons (Fsp3) is 0.318. The number of hydrazone groups is 1. The molecule has 0 spiro atoms. The number of carbonyl (C=O) groups excluding carboxylic acids is 2. The van der Waals surface area contributed by atoms with Crippen LogP contribution in [0.4, 0.5) is 14.5 Å². The molecule has 0 N–H and O–H groups in total. The van der Waals surface area contributed by atoms with E-state index >= 15 is 0 Å². The van der Waals surface area contributed by atoms with Gasteiger partial charge in [0.1, 0.15) is 11.7 Å². The van der Waals surface area contributed by atoms with Gasteiger partial charge in [0.15, 0.2) is 5.78 Å². The van der Waals surface area contributed by atoms with Crippen LogP contribution < -0.4 is 9.75 Å². The number of benzene rings is 2. The fourth-order valence-corrected chi connectivity index (χ4v) is 3.85. The van der Waals surface area contributed by atoms with Gasteiger partial charge in [-0.1, -0.05) is 25.1 Å². The second kappa shape index (κ2) is 8.63. The van der Waals surface area contributed by atoms with Gasteiger partial charge >= 0.3 is 0 Å². The zero-order valence-electron chi connectivity index (χ0n) is 16.8. The van der Waals surface area contributed by atoms with Crippen LogP contribution in [0.15, 0.2) is 52.0 Å². The van der Waals surface area contributed by atoms with E-state index in [1.54, 1.807) is 31.2 Å². The molecule has 2 aromatic carbocycles. The Kier molecular flexibility index (Phi) is 6.36. The van der Waals surface area contributed by atoms with Crippen molar-refractivity contribution in [3.8, 4) is 5.75 Å². The van der Waals surface area contributed by atoms with Gasteiger partial charge in [0, 0.05) is 18.4 Å². The number of Topliss-reactive ketones (excluding diaryl/α,β-unsaturated/α-hetero) is 1. The summed E-state index contributed by atoms with van der Waals surface area (Å²) in [7, 11) is 1.53. The van der Waals surface area contributed by atoms with Crippen molar-refractivity contribution in [3.05, 3.63) is 58.1 Å². The lowest BCUT2D eigenvalue weighted by molar-refractivity contribution is -0.128. The van der Waals surface area contributed by atoms with Gasteiger partial charge in [0.2, 0.25) is 0 Å². The van der Waals surface area contributed by atoms with Gasteiger partial charge in [-0.3, -0.25) is 9.59 Å². The summed E-state index contributed by atoms with van der Waals surface area (Å²) in [5.41, 5.74) is 1.17. The number of ether oxygens (including phenoxy) is 1. The molecule has 3 rings (SSSR count). The average molecular weight is 479 g/mol. The molecule has 1 aliphatic rings. The van der Waals surface area contributed by atoms with Crippen LogP contribution in [0.1, 0.15) is 31.4 Å². The number of carbonyl (C=O) groups is 2. The molecule has 0 saturated carbocycles. The number of hydrogen-bond donors (Lipinski definition) is 0. The van der Waals surface area contributed by atoms with Gasteiger partial charge in [-0.05, 0) is 52.7 Å². The quantitative estimate of drug-likeness (QED) is 0.519. The van der Waals surface area contributed by atoms with Crippen LogP contribution in [0.2, 0.25) is 0 Å². The maximum absolute atomic E-state index is 14.0. The molecule has 0 radical (unpaired) electrons. The Morgan fingerprint density at radius 3 is 2.63 bits per heavy atom. The van der Waals surface area contributed by atoms with E-state index in [9.17, 15) is 18.4 Å². The lowest BCUT2D eigenvalue weighted by atomic mass is 9.92. The minimum Gasteiger partial charge on any atom is -0.496 e. The maximum Gasteiger partial charge on any atom is 0.273 e. The van der Waals surface area contributed by atoms with Gasteiger partial charge in [-0.25, -0.2) is 8.78 Å². The first-order valence-electron chi connectivity index (χ1n) is 9.40. The number of amides is 1. The summed E-state index contributed by atoms with van der Waals surface area (Å²) >= 11 is 3.37. The van der Waals surface area contributed by atoms with Crippen LogP contribution >= 0.6 is 15.9 Å². The third-order valence-electron chi connectivity index (χ3n) is 5.00. The van der Waals surface area contributed by atoms with Crippen molar-refractivity contribution in [2.24, 2.45) is 11.0 Å². The molecule has 1 heterocycles. The zero-order chi connectivity index (χ0) is 22.1. The highest BCUT2D eigenvalue weighted by Crippen LogP contribution is 2.34. The number of halogens is 3. The maximum atomic E-state index is 14.0. The summed E-state index contributed by atoms with van der Waals surface area (Å²) in [5, 5.41) is 5.43. The molecule has 2 aromatic rings. The highest BCUT2D eigenvalue weighted by molar-refractivity contribution is 9.10. The first-order chi connectivity index (χ1) is 14.2. The SMILES string of the molecule is CCC(F)(F)c1cccc(CC(=O)C2C(=O)N(c3ccc(OC)c(Br)c3)N=C2C)c1. The highest BCUT2D eigenvalue weighted by atomic mass is 79.9. The van der Waals surface area contributed by atoms with Gasteiger partial charge in [-0.2, -0.15) is 10.1 Å². The fourth-order valence-electron chi connectivity index (χ4n) is 3.32. The molecule has 5 nitrogen and oxygen atoms in total. The molecule has 1 unspecified atom stereocenters. The molecule has 0 aliphatic carbocycles. The van der Waals surface area contributed by atoms with E-state index in [4.69, 9.17) is 4.74 Å². The normalized spacial score (nSPS) is 16.6. The van der Waals surface area contributed by atoms with E-state index in [1.165, 1.54) is 37.2 Å². The van der Waals surface area contributed by atoms with Crippen LogP contribution in [0.3, 0.4) is 0 Å². The van der Waals surface area contributed by atoms with Gasteiger partial charge < -0.3 is 4.74 Å². The van der Waals surface area contributed by atoms with Crippen molar-refractivity contribution in [3.63, 3.8) is 0 Å². The zero-order valence-corrected chi connectivity index (χ0v) is 18.4. The minimum absolute atomic E-state index is 0.128. The minimum atomic E-state index is -2.96. The van der Waals surface area contributed by atoms with E-state index in [0.29, 0.717) is 27.2 Å². The Morgan fingerprint density at radius 2 is 2.00 bits per heavy atom. The Morgan fingerprint density at radius 1 is 1.27 bits per heavy atom. The summed E-state index contributed by atoms with van der Waals surface area (Å²) in [6.07, 6.45) is -0.458. The largest absolute Gasteiger partial charge is 0.496 e. The van der Waals surface area contributed by atoms with E-state index in [0.717, 1.165) is 0 Å². The molecule has 158 valence electrons. The Hall–Kier alpha value is -2.61. The van der Waals surface area contributed by atoms with Crippen LogP contribution in [-0.4, -0.2) is 24.5 Å². The molecule has 1 atom stereocenters. The second-order valence-electron chi connectivity index (χ2n) is 7.04. The predicted molar refractivity (Wildman–Crippen MR) is 114 cm³/mol. The average Bonchev–Trinajstić information content (AvgIpc) is 3.02. The van der Waals surface area contributed by atoms with Crippen LogP contribution in [0.25, 0.3) is 0 Å². The summed E-state index contributed by atoms with van der Waals surface area (Å²) in [6, 6.07) is 10.8. The molecule has 0 aromatic heterocycles. The van der Waals surface area contributed by atoms with Crippen molar-refractivity contribution in [2.75, 3.05) is 12.1 Å². The number of methoxy groups -OCH3 is 1. The molecule has 0 bridgehead atoms. The molecule has 1 aliphatic heterocycles. The van der Waals surface area contributed by atoms with Crippen molar-refractivity contribution < 1.29 is 23.1 Å². The number of alkyl halides is 2. The number of hydrogen-bond acceptors (Lipinski definition) is 4. The molecular formula is C22H21BrF2N2O3. The van der Waals surface area contributed by atoms with E-state index < -0.39 is 17.7 Å². The third kappa shape index (κ3) is 4.28. The summed E-state index contributed by atoms with van der Waals surface area (Å²) in [6.45, 7) is 3.02. The van der Waals surface area contributed by atoms with Crippen molar-refractivity contribution in [2.45, 2.75) is 32.6 Å². The number of nitrogens with zero attached hydrogens (tertiary/aromatic N) is 2.